The van der Waals surface area contributed by atoms with Crippen molar-refractivity contribution >= 4 is 29.3 Å². The molecule has 0 aliphatic rings. The molecule has 0 bridgehead atoms. The van der Waals surface area contributed by atoms with E-state index < -0.39 is 29.8 Å². The Labute approximate surface area is 135 Å². The smallest absolute Gasteiger partial charge is 0.416 e. The zero-order valence-corrected chi connectivity index (χ0v) is 12.8. The molecular formula is C13H15ClF3N3O3. The molecule has 0 heterocycles. The van der Waals surface area contributed by atoms with Crippen LogP contribution in [0.2, 0.25) is 5.02 Å². The highest BCUT2D eigenvalue weighted by Gasteiger charge is 2.31. The average molecular weight is 354 g/mol. The van der Waals surface area contributed by atoms with E-state index in [9.17, 15) is 22.8 Å². The van der Waals surface area contributed by atoms with Crippen molar-refractivity contribution in [3.05, 3.63) is 28.8 Å². The fourth-order valence-electron chi connectivity index (χ4n) is 1.77. The number of aliphatic carboxylic acids is 1. The Morgan fingerprint density at radius 1 is 1.35 bits per heavy atom. The van der Waals surface area contributed by atoms with Gasteiger partial charge in [-0.15, -0.1) is 0 Å². The molecule has 1 atom stereocenters. The second-order valence-electron chi connectivity index (χ2n) is 4.64. The highest BCUT2D eigenvalue weighted by Crippen LogP contribution is 2.33. The maximum atomic E-state index is 12.5. The van der Waals surface area contributed by atoms with E-state index in [0.717, 1.165) is 12.1 Å². The lowest BCUT2D eigenvalue weighted by Crippen LogP contribution is -2.44. The van der Waals surface area contributed by atoms with Gasteiger partial charge in [-0.1, -0.05) is 11.6 Å². The summed E-state index contributed by atoms with van der Waals surface area (Å²) >= 11 is 5.71. The number of carboxylic acids is 1. The maximum Gasteiger partial charge on any atom is 0.416 e. The van der Waals surface area contributed by atoms with E-state index in [-0.39, 0.29) is 23.7 Å². The molecule has 10 heteroatoms. The lowest BCUT2D eigenvalue weighted by molar-refractivity contribution is -0.138. The Morgan fingerprint density at radius 3 is 2.48 bits per heavy atom. The minimum atomic E-state index is -4.54. The predicted molar refractivity (Wildman–Crippen MR) is 78.6 cm³/mol. The number of benzene rings is 1. The van der Waals surface area contributed by atoms with Crippen LogP contribution in [-0.2, 0) is 11.0 Å². The van der Waals surface area contributed by atoms with Crippen molar-refractivity contribution in [2.24, 2.45) is 0 Å². The van der Waals surface area contributed by atoms with E-state index in [2.05, 4.69) is 16.0 Å². The van der Waals surface area contributed by atoms with Gasteiger partial charge in [-0.3, -0.25) is 4.79 Å². The number of rotatable bonds is 6. The molecule has 128 valence electrons. The van der Waals surface area contributed by atoms with E-state index in [4.69, 9.17) is 16.7 Å². The Kier molecular flexibility index (Phi) is 6.64. The van der Waals surface area contributed by atoms with Gasteiger partial charge in [-0.25, -0.2) is 4.79 Å². The molecule has 4 N–H and O–H groups in total. The monoisotopic (exact) mass is 353 g/mol. The van der Waals surface area contributed by atoms with Crippen molar-refractivity contribution in [3.8, 4) is 0 Å². The fourth-order valence-corrected chi connectivity index (χ4v) is 2.00. The lowest BCUT2D eigenvalue weighted by Gasteiger charge is -2.17. The Morgan fingerprint density at radius 2 is 2.00 bits per heavy atom. The van der Waals surface area contributed by atoms with Gasteiger partial charge in [-0.05, 0) is 25.2 Å². The number of anilines is 1. The van der Waals surface area contributed by atoms with Crippen molar-refractivity contribution in [2.45, 2.75) is 18.6 Å². The first-order valence-electron chi connectivity index (χ1n) is 6.44. The molecule has 0 saturated carbocycles. The SMILES string of the molecule is CNC[C@@H](CC(=O)O)NC(=O)Nc1ccc(C(F)(F)F)cc1Cl. The number of carbonyl (C=O) groups excluding carboxylic acids is 1. The van der Waals surface area contributed by atoms with Crippen LogP contribution in [0.25, 0.3) is 0 Å². The number of hydrogen-bond acceptors (Lipinski definition) is 3. The molecular weight excluding hydrogens is 339 g/mol. The first-order valence-corrected chi connectivity index (χ1v) is 6.82. The molecule has 6 nitrogen and oxygen atoms in total. The van der Waals surface area contributed by atoms with Gasteiger partial charge in [0, 0.05) is 6.54 Å². The molecule has 0 aliphatic heterocycles. The van der Waals surface area contributed by atoms with Crippen LogP contribution in [0, 0.1) is 0 Å². The first kappa shape index (κ1) is 19.0. The fraction of sp³-hybridized carbons (Fsp3) is 0.385. The van der Waals surface area contributed by atoms with Crippen molar-refractivity contribution < 1.29 is 27.9 Å². The van der Waals surface area contributed by atoms with Crippen LogP contribution < -0.4 is 16.0 Å². The van der Waals surface area contributed by atoms with E-state index in [1.165, 1.54) is 0 Å². The van der Waals surface area contributed by atoms with Gasteiger partial charge in [0.2, 0.25) is 0 Å². The molecule has 1 rings (SSSR count). The zero-order chi connectivity index (χ0) is 17.6. The third-order valence-electron chi connectivity index (χ3n) is 2.75. The third kappa shape index (κ3) is 6.33. The number of halogens is 4. The quantitative estimate of drug-likeness (QED) is 0.632. The van der Waals surface area contributed by atoms with Crippen molar-refractivity contribution in [3.63, 3.8) is 0 Å². The van der Waals surface area contributed by atoms with Crippen LogP contribution in [0.3, 0.4) is 0 Å². The van der Waals surface area contributed by atoms with Gasteiger partial charge in [0.05, 0.1) is 28.7 Å². The van der Waals surface area contributed by atoms with E-state index in [1.807, 2.05) is 0 Å². The molecule has 0 radical (unpaired) electrons. The number of alkyl halides is 3. The Balaban J connectivity index is 2.75. The molecule has 0 spiro atoms. The molecule has 0 unspecified atom stereocenters. The normalized spacial score (nSPS) is 12.6. The highest BCUT2D eigenvalue weighted by molar-refractivity contribution is 6.33. The number of likely N-dealkylation sites (N-methyl/N-ethyl adjacent to an activating group) is 1. The molecule has 0 aliphatic carbocycles. The van der Waals surface area contributed by atoms with Gasteiger partial charge >= 0.3 is 18.2 Å². The first-order chi connectivity index (χ1) is 10.6. The summed E-state index contributed by atoms with van der Waals surface area (Å²) in [5.41, 5.74) is -0.955. The average Bonchev–Trinajstić information content (AvgIpc) is 2.39. The van der Waals surface area contributed by atoms with E-state index in [1.54, 1.807) is 7.05 Å². The standard InChI is InChI=1S/C13H15ClF3N3O3/c1-18-6-8(5-11(21)22)19-12(23)20-10-3-2-7(4-9(10)14)13(15,16)17/h2-4,8,18H,5-6H2,1H3,(H,21,22)(H2,19,20,23)/t8-/m1/s1. The minimum Gasteiger partial charge on any atom is -0.481 e. The van der Waals surface area contributed by atoms with Crippen LogP contribution in [-0.4, -0.2) is 36.7 Å². The highest BCUT2D eigenvalue weighted by atomic mass is 35.5. The summed E-state index contributed by atoms with van der Waals surface area (Å²) in [5, 5.41) is 15.9. The van der Waals surface area contributed by atoms with Crippen LogP contribution in [0.4, 0.5) is 23.7 Å². The number of nitrogens with one attached hydrogen (secondary N) is 3. The van der Waals surface area contributed by atoms with Gasteiger partial charge in [0.1, 0.15) is 0 Å². The third-order valence-corrected chi connectivity index (χ3v) is 3.06. The van der Waals surface area contributed by atoms with Gasteiger partial charge in [0.25, 0.3) is 0 Å². The summed E-state index contributed by atoms with van der Waals surface area (Å²) in [6.07, 6.45) is -4.85. The van der Waals surface area contributed by atoms with Crippen LogP contribution in [0.15, 0.2) is 18.2 Å². The zero-order valence-electron chi connectivity index (χ0n) is 12.0. The van der Waals surface area contributed by atoms with Gasteiger partial charge < -0.3 is 21.1 Å². The summed E-state index contributed by atoms with van der Waals surface area (Å²) in [7, 11) is 1.58. The van der Waals surface area contributed by atoms with Crippen molar-refractivity contribution in [1.29, 1.82) is 0 Å². The van der Waals surface area contributed by atoms with E-state index in [0.29, 0.717) is 6.07 Å². The largest absolute Gasteiger partial charge is 0.481 e. The summed E-state index contributed by atoms with van der Waals surface area (Å²) in [5.74, 6) is -1.10. The number of urea groups is 1. The van der Waals surface area contributed by atoms with Crippen LogP contribution in [0.5, 0.6) is 0 Å². The van der Waals surface area contributed by atoms with Crippen LogP contribution >= 0.6 is 11.6 Å². The van der Waals surface area contributed by atoms with Gasteiger partial charge in [0.15, 0.2) is 0 Å². The second kappa shape index (κ2) is 8.02. The number of hydrogen-bond donors (Lipinski definition) is 4. The molecule has 0 aromatic heterocycles. The molecule has 2 amide bonds. The van der Waals surface area contributed by atoms with E-state index >= 15 is 0 Å². The number of amides is 2. The lowest BCUT2D eigenvalue weighted by atomic mass is 10.2. The summed E-state index contributed by atoms with van der Waals surface area (Å²) in [6, 6.07) is 1.04. The molecule has 23 heavy (non-hydrogen) atoms. The Hall–Kier alpha value is -2.00. The van der Waals surface area contributed by atoms with Crippen molar-refractivity contribution in [1.82, 2.24) is 10.6 Å². The van der Waals surface area contributed by atoms with Crippen molar-refractivity contribution in [2.75, 3.05) is 18.9 Å². The molecule has 0 fully saturated rings. The number of carboxylic acid groups (broad SMARTS) is 1. The number of carbonyl (C=O) groups is 2. The molecule has 0 saturated heterocycles. The minimum absolute atomic E-state index is 0.0179. The predicted octanol–water partition coefficient (Wildman–Crippen LogP) is 2.54. The summed E-state index contributed by atoms with van der Waals surface area (Å²) in [4.78, 5) is 22.5. The summed E-state index contributed by atoms with van der Waals surface area (Å²) in [6.45, 7) is 0.209. The second-order valence-corrected chi connectivity index (χ2v) is 5.05. The molecule has 1 aromatic carbocycles. The van der Waals surface area contributed by atoms with Gasteiger partial charge in [-0.2, -0.15) is 13.2 Å². The maximum absolute atomic E-state index is 12.5. The Bertz CT molecular complexity index is 581. The molecule has 1 aromatic rings. The summed E-state index contributed by atoms with van der Waals surface area (Å²) < 4.78 is 37.6. The van der Waals surface area contributed by atoms with Crippen LogP contribution in [0.1, 0.15) is 12.0 Å². The topological polar surface area (TPSA) is 90.5 Å².